The molecular formula is C18H26N4OS. The molecule has 1 aromatic carbocycles. The molecule has 0 aliphatic carbocycles. The Balaban J connectivity index is 1.97. The van der Waals surface area contributed by atoms with Crippen LogP contribution in [0.1, 0.15) is 32.0 Å². The van der Waals surface area contributed by atoms with E-state index in [9.17, 15) is 4.79 Å². The number of thiazole rings is 1. The van der Waals surface area contributed by atoms with Crippen molar-refractivity contribution < 1.29 is 4.79 Å². The summed E-state index contributed by atoms with van der Waals surface area (Å²) < 4.78 is 0. The van der Waals surface area contributed by atoms with Gasteiger partial charge in [-0.1, -0.05) is 32.9 Å². The van der Waals surface area contributed by atoms with Gasteiger partial charge in [0.25, 0.3) is 0 Å². The molecule has 1 aromatic heterocycles. The predicted octanol–water partition coefficient (Wildman–Crippen LogP) is 3.09. The summed E-state index contributed by atoms with van der Waals surface area (Å²) in [4.78, 5) is 18.7. The van der Waals surface area contributed by atoms with E-state index in [1.807, 2.05) is 44.5 Å². The van der Waals surface area contributed by atoms with Crippen LogP contribution in [0.5, 0.6) is 0 Å². The monoisotopic (exact) mass is 346 g/mol. The fourth-order valence-corrected chi connectivity index (χ4v) is 2.87. The van der Waals surface area contributed by atoms with Crippen LogP contribution in [0.3, 0.4) is 0 Å². The van der Waals surface area contributed by atoms with Crippen molar-refractivity contribution in [3.05, 3.63) is 46.4 Å². The molecule has 0 bridgehead atoms. The lowest BCUT2D eigenvalue weighted by Gasteiger charge is -2.26. The van der Waals surface area contributed by atoms with Gasteiger partial charge in [0.1, 0.15) is 0 Å². The molecule has 0 radical (unpaired) electrons. The molecule has 130 valence electrons. The largest absolute Gasteiger partial charge is 0.325 e. The Morgan fingerprint density at radius 1 is 1.38 bits per heavy atom. The first kappa shape index (κ1) is 18.6. The first-order chi connectivity index (χ1) is 11.3. The standard InChI is InChI=1S/C18H26N4OS/c1-18(2,3)16(19)17(23)21-14-7-5-6-13(8-14)9-22(4)10-15-11-24-12-20-15/h5-8,11-12,16H,9-10,19H2,1-4H3,(H,21,23)/t16-/m1/s1. The SMILES string of the molecule is CN(Cc1cccc(NC(=O)[C@@H](N)C(C)(C)C)c1)Cc1cscn1. The smallest absolute Gasteiger partial charge is 0.241 e. The molecule has 5 nitrogen and oxygen atoms in total. The number of benzene rings is 1. The summed E-state index contributed by atoms with van der Waals surface area (Å²) in [5.74, 6) is -0.157. The summed E-state index contributed by atoms with van der Waals surface area (Å²) >= 11 is 1.60. The summed E-state index contributed by atoms with van der Waals surface area (Å²) in [6, 6.07) is 7.33. The molecule has 3 N–H and O–H groups in total. The van der Waals surface area contributed by atoms with Crippen LogP contribution in [0, 0.1) is 5.41 Å². The fourth-order valence-electron chi connectivity index (χ4n) is 2.32. The van der Waals surface area contributed by atoms with Crippen molar-refractivity contribution >= 4 is 22.9 Å². The van der Waals surface area contributed by atoms with Crippen molar-refractivity contribution in [2.24, 2.45) is 11.1 Å². The summed E-state index contributed by atoms with van der Waals surface area (Å²) in [6.45, 7) is 7.46. The number of anilines is 1. The lowest BCUT2D eigenvalue weighted by atomic mass is 9.87. The molecule has 1 amide bonds. The van der Waals surface area contributed by atoms with Crippen molar-refractivity contribution in [2.45, 2.75) is 39.9 Å². The van der Waals surface area contributed by atoms with Crippen LogP contribution in [-0.2, 0) is 17.9 Å². The second kappa shape index (κ2) is 7.88. The van der Waals surface area contributed by atoms with Crippen molar-refractivity contribution in [2.75, 3.05) is 12.4 Å². The van der Waals surface area contributed by atoms with Crippen LogP contribution in [0.15, 0.2) is 35.2 Å². The van der Waals surface area contributed by atoms with E-state index in [0.717, 1.165) is 30.0 Å². The van der Waals surface area contributed by atoms with Gasteiger partial charge < -0.3 is 11.1 Å². The van der Waals surface area contributed by atoms with E-state index in [-0.39, 0.29) is 11.3 Å². The van der Waals surface area contributed by atoms with Gasteiger partial charge in [-0.25, -0.2) is 4.98 Å². The molecule has 2 rings (SSSR count). The van der Waals surface area contributed by atoms with Crippen LogP contribution in [0.2, 0.25) is 0 Å². The molecule has 0 aliphatic heterocycles. The number of aromatic nitrogens is 1. The van der Waals surface area contributed by atoms with E-state index in [0.29, 0.717) is 0 Å². The Hall–Kier alpha value is -1.76. The van der Waals surface area contributed by atoms with Crippen molar-refractivity contribution in [3.63, 3.8) is 0 Å². The Bertz CT molecular complexity index is 664. The number of nitrogens with zero attached hydrogens (tertiary/aromatic N) is 2. The number of carbonyl (C=O) groups excluding carboxylic acids is 1. The lowest BCUT2D eigenvalue weighted by molar-refractivity contribution is -0.119. The van der Waals surface area contributed by atoms with Gasteiger partial charge in [0.05, 0.1) is 17.2 Å². The summed E-state index contributed by atoms with van der Waals surface area (Å²) in [5.41, 5.74) is 10.6. The maximum absolute atomic E-state index is 12.3. The minimum atomic E-state index is -0.548. The number of hydrogen-bond donors (Lipinski definition) is 2. The second-order valence-corrected chi connectivity index (χ2v) is 7.90. The average molecular weight is 347 g/mol. The van der Waals surface area contributed by atoms with E-state index in [1.54, 1.807) is 11.3 Å². The van der Waals surface area contributed by atoms with E-state index >= 15 is 0 Å². The summed E-state index contributed by atoms with van der Waals surface area (Å²) in [7, 11) is 2.06. The Kier molecular flexibility index (Phi) is 6.10. The van der Waals surface area contributed by atoms with E-state index in [2.05, 4.69) is 33.7 Å². The van der Waals surface area contributed by atoms with Gasteiger partial charge in [-0.15, -0.1) is 11.3 Å². The molecule has 1 atom stereocenters. The Labute approximate surface area is 147 Å². The second-order valence-electron chi connectivity index (χ2n) is 7.19. The van der Waals surface area contributed by atoms with Gasteiger partial charge in [-0.2, -0.15) is 0 Å². The minimum Gasteiger partial charge on any atom is -0.325 e. The molecule has 0 spiro atoms. The summed E-state index contributed by atoms with van der Waals surface area (Å²) in [5, 5.41) is 4.97. The molecule has 6 heteroatoms. The molecule has 0 saturated heterocycles. The highest BCUT2D eigenvalue weighted by atomic mass is 32.1. The van der Waals surface area contributed by atoms with Gasteiger partial charge in [0.15, 0.2) is 0 Å². The minimum absolute atomic E-state index is 0.157. The number of nitrogens with one attached hydrogen (secondary N) is 1. The first-order valence-corrected chi connectivity index (χ1v) is 8.91. The van der Waals surface area contributed by atoms with Crippen LogP contribution < -0.4 is 11.1 Å². The van der Waals surface area contributed by atoms with Crippen LogP contribution in [0.4, 0.5) is 5.69 Å². The van der Waals surface area contributed by atoms with Gasteiger partial charge in [-0.3, -0.25) is 9.69 Å². The van der Waals surface area contributed by atoms with Crippen molar-refractivity contribution in [1.82, 2.24) is 9.88 Å². The van der Waals surface area contributed by atoms with Crippen LogP contribution in [-0.4, -0.2) is 28.9 Å². The maximum atomic E-state index is 12.3. The fraction of sp³-hybridized carbons (Fsp3) is 0.444. The molecular weight excluding hydrogens is 320 g/mol. The van der Waals surface area contributed by atoms with E-state index in [4.69, 9.17) is 5.73 Å². The van der Waals surface area contributed by atoms with E-state index < -0.39 is 6.04 Å². The third-order valence-corrected chi connectivity index (χ3v) is 4.41. The number of amides is 1. The van der Waals surface area contributed by atoms with Crippen LogP contribution >= 0.6 is 11.3 Å². The molecule has 0 saturated carbocycles. The Morgan fingerprint density at radius 2 is 2.12 bits per heavy atom. The predicted molar refractivity (Wildman–Crippen MR) is 99.8 cm³/mol. The zero-order valence-electron chi connectivity index (χ0n) is 14.7. The quantitative estimate of drug-likeness (QED) is 0.843. The molecule has 0 aliphatic rings. The maximum Gasteiger partial charge on any atom is 0.241 e. The first-order valence-electron chi connectivity index (χ1n) is 7.96. The molecule has 24 heavy (non-hydrogen) atoms. The van der Waals surface area contributed by atoms with Crippen LogP contribution in [0.25, 0.3) is 0 Å². The highest BCUT2D eigenvalue weighted by molar-refractivity contribution is 7.07. The van der Waals surface area contributed by atoms with E-state index in [1.165, 1.54) is 0 Å². The highest BCUT2D eigenvalue weighted by Crippen LogP contribution is 2.20. The number of hydrogen-bond acceptors (Lipinski definition) is 5. The zero-order chi connectivity index (χ0) is 17.7. The van der Waals surface area contributed by atoms with Crippen molar-refractivity contribution in [3.8, 4) is 0 Å². The number of nitrogens with two attached hydrogens (primary N) is 1. The molecule has 2 aromatic rings. The average Bonchev–Trinajstić information content (AvgIpc) is 2.98. The Morgan fingerprint density at radius 3 is 2.75 bits per heavy atom. The van der Waals surface area contributed by atoms with Gasteiger partial charge in [0.2, 0.25) is 5.91 Å². The molecule has 0 unspecified atom stereocenters. The normalized spacial score (nSPS) is 13.1. The lowest BCUT2D eigenvalue weighted by Crippen LogP contribution is -2.45. The molecule has 1 heterocycles. The zero-order valence-corrected chi connectivity index (χ0v) is 15.6. The summed E-state index contributed by atoms with van der Waals surface area (Å²) in [6.07, 6.45) is 0. The highest BCUT2D eigenvalue weighted by Gasteiger charge is 2.27. The number of carbonyl (C=O) groups is 1. The third kappa shape index (κ3) is 5.40. The van der Waals surface area contributed by atoms with Gasteiger partial charge in [0, 0.05) is 24.2 Å². The molecule has 0 fully saturated rings. The van der Waals surface area contributed by atoms with Gasteiger partial charge in [-0.05, 0) is 30.2 Å². The van der Waals surface area contributed by atoms with Crippen molar-refractivity contribution in [1.29, 1.82) is 0 Å². The topological polar surface area (TPSA) is 71.2 Å². The van der Waals surface area contributed by atoms with Gasteiger partial charge >= 0.3 is 0 Å². The third-order valence-electron chi connectivity index (χ3n) is 3.78. The number of rotatable bonds is 6.